The molecule has 0 aromatic heterocycles. The van der Waals surface area contributed by atoms with Gasteiger partial charge >= 0.3 is 11.9 Å². The summed E-state index contributed by atoms with van der Waals surface area (Å²) in [6.07, 6.45) is 6.94. The molecule has 0 aromatic carbocycles. The van der Waals surface area contributed by atoms with Gasteiger partial charge in [-0.2, -0.15) is 25.3 Å². The first kappa shape index (κ1) is 18.7. The Morgan fingerprint density at radius 1 is 1.09 bits per heavy atom. The number of rotatable bonds is 8. The normalized spacial score (nSPS) is 31.0. The number of ether oxygens (including phenoxy) is 2. The molecule has 0 radical (unpaired) electrons. The van der Waals surface area contributed by atoms with Crippen molar-refractivity contribution < 1.29 is 19.1 Å². The quantitative estimate of drug-likeness (QED) is 0.398. The molecule has 23 heavy (non-hydrogen) atoms. The van der Waals surface area contributed by atoms with Gasteiger partial charge in [-0.1, -0.05) is 26.0 Å². The third kappa shape index (κ3) is 5.18. The van der Waals surface area contributed by atoms with Crippen molar-refractivity contribution in [3.8, 4) is 0 Å². The maximum atomic E-state index is 11.8. The first-order valence-electron chi connectivity index (χ1n) is 8.16. The zero-order valence-electron chi connectivity index (χ0n) is 13.7. The highest BCUT2D eigenvalue weighted by Crippen LogP contribution is 2.52. The van der Waals surface area contributed by atoms with Crippen LogP contribution < -0.4 is 0 Å². The highest BCUT2D eigenvalue weighted by atomic mass is 32.1. The lowest BCUT2D eigenvalue weighted by molar-refractivity contribution is -0.155. The maximum absolute atomic E-state index is 11.8. The number of carbonyl (C=O) groups is 2. The molecule has 2 bridgehead atoms. The van der Waals surface area contributed by atoms with Crippen molar-refractivity contribution in [2.75, 3.05) is 13.2 Å². The molecule has 4 unspecified atom stereocenters. The number of hydrogen-bond acceptors (Lipinski definition) is 6. The van der Waals surface area contributed by atoms with Gasteiger partial charge in [-0.15, -0.1) is 0 Å². The Morgan fingerprint density at radius 3 is 1.96 bits per heavy atom. The highest BCUT2D eigenvalue weighted by molar-refractivity contribution is 7.81. The molecular formula is C17H26O4S2. The maximum Gasteiger partial charge on any atom is 0.306 e. The van der Waals surface area contributed by atoms with Crippen LogP contribution in [0.1, 0.15) is 39.5 Å². The Labute approximate surface area is 149 Å². The zero-order chi connectivity index (χ0) is 17.0. The minimum Gasteiger partial charge on any atom is -0.465 e. The average Bonchev–Trinajstić information content (AvgIpc) is 3.03. The number of carbonyl (C=O) groups excluding carboxylic acids is 2. The predicted molar refractivity (Wildman–Crippen MR) is 95.8 cm³/mol. The molecule has 4 nitrogen and oxygen atoms in total. The average molecular weight is 359 g/mol. The largest absolute Gasteiger partial charge is 0.465 e. The zero-order valence-corrected chi connectivity index (χ0v) is 15.5. The SMILES string of the molecule is CC(S)CC(=O)OCC1(COC(=O)CC(C)S)CC2C=CC1C2. The molecule has 0 N–H and O–H groups in total. The van der Waals surface area contributed by atoms with Gasteiger partial charge in [0.15, 0.2) is 0 Å². The summed E-state index contributed by atoms with van der Waals surface area (Å²) in [5.74, 6) is 0.336. The van der Waals surface area contributed by atoms with Crippen molar-refractivity contribution >= 4 is 37.2 Å². The molecule has 1 fully saturated rings. The van der Waals surface area contributed by atoms with Crippen LogP contribution in [0.2, 0.25) is 0 Å². The van der Waals surface area contributed by atoms with E-state index in [4.69, 9.17) is 9.47 Å². The first-order chi connectivity index (χ1) is 10.8. The second-order valence-corrected chi connectivity index (χ2v) is 8.74. The van der Waals surface area contributed by atoms with Gasteiger partial charge in [-0.05, 0) is 24.7 Å². The molecule has 6 heteroatoms. The number of hydrogen-bond donors (Lipinski definition) is 2. The van der Waals surface area contributed by atoms with E-state index in [0.29, 0.717) is 37.9 Å². The van der Waals surface area contributed by atoms with E-state index in [1.165, 1.54) is 0 Å². The van der Waals surface area contributed by atoms with Gasteiger partial charge in [0.2, 0.25) is 0 Å². The second-order valence-electron chi connectivity index (χ2n) is 6.98. The third-order valence-corrected chi connectivity index (χ3v) is 4.96. The molecule has 0 aliphatic heterocycles. The molecule has 2 aliphatic rings. The molecule has 0 spiro atoms. The van der Waals surface area contributed by atoms with Crippen LogP contribution in [0.25, 0.3) is 0 Å². The van der Waals surface area contributed by atoms with Gasteiger partial charge in [0.1, 0.15) is 13.2 Å². The van der Waals surface area contributed by atoms with Crippen LogP contribution >= 0.6 is 25.3 Å². The lowest BCUT2D eigenvalue weighted by Crippen LogP contribution is -2.38. The Hall–Kier alpha value is -0.620. The molecule has 0 amide bonds. The van der Waals surface area contributed by atoms with Gasteiger partial charge in [-0.3, -0.25) is 9.59 Å². The molecule has 1 saturated carbocycles. The van der Waals surface area contributed by atoms with E-state index < -0.39 is 0 Å². The van der Waals surface area contributed by atoms with E-state index in [1.807, 2.05) is 13.8 Å². The van der Waals surface area contributed by atoms with E-state index in [9.17, 15) is 9.59 Å². The smallest absolute Gasteiger partial charge is 0.306 e. The minimum atomic E-state index is -0.273. The van der Waals surface area contributed by atoms with Gasteiger partial charge < -0.3 is 9.47 Å². The number of thiol groups is 2. The molecule has 4 atom stereocenters. The minimum absolute atomic E-state index is 0.0203. The monoisotopic (exact) mass is 358 g/mol. The Bertz CT molecular complexity index is 447. The van der Waals surface area contributed by atoms with Gasteiger partial charge in [0, 0.05) is 15.9 Å². The Kier molecular flexibility index (Phi) is 6.48. The van der Waals surface area contributed by atoms with Crippen LogP contribution in [-0.2, 0) is 19.1 Å². The van der Waals surface area contributed by atoms with Crippen molar-refractivity contribution in [1.29, 1.82) is 0 Å². The van der Waals surface area contributed by atoms with Crippen molar-refractivity contribution in [3.05, 3.63) is 12.2 Å². The third-order valence-electron chi connectivity index (χ3n) is 4.59. The molecule has 2 aliphatic carbocycles. The summed E-state index contributed by atoms with van der Waals surface area (Å²) in [6.45, 7) is 4.34. The predicted octanol–water partition coefficient (Wildman–Crippen LogP) is 3.07. The summed E-state index contributed by atoms with van der Waals surface area (Å²) in [7, 11) is 0. The lowest BCUT2D eigenvalue weighted by atomic mass is 9.77. The van der Waals surface area contributed by atoms with Crippen molar-refractivity contribution in [3.63, 3.8) is 0 Å². The van der Waals surface area contributed by atoms with Gasteiger partial charge in [0.05, 0.1) is 12.8 Å². The summed E-state index contributed by atoms with van der Waals surface area (Å²) < 4.78 is 11.0. The van der Waals surface area contributed by atoms with Crippen LogP contribution in [-0.4, -0.2) is 35.7 Å². The number of fused-ring (bicyclic) bond motifs is 2. The second kappa shape index (κ2) is 7.97. The van der Waals surface area contributed by atoms with Crippen LogP contribution in [0.3, 0.4) is 0 Å². The summed E-state index contributed by atoms with van der Waals surface area (Å²) in [5.41, 5.74) is -0.273. The van der Waals surface area contributed by atoms with E-state index in [2.05, 4.69) is 37.4 Å². The Balaban J connectivity index is 1.93. The van der Waals surface area contributed by atoms with E-state index >= 15 is 0 Å². The van der Waals surface area contributed by atoms with Crippen molar-refractivity contribution in [2.45, 2.75) is 50.0 Å². The van der Waals surface area contributed by atoms with Crippen LogP contribution in [0.5, 0.6) is 0 Å². The first-order valence-corrected chi connectivity index (χ1v) is 9.20. The number of allylic oxidation sites excluding steroid dienone is 2. The van der Waals surface area contributed by atoms with E-state index in [0.717, 1.165) is 12.8 Å². The topological polar surface area (TPSA) is 52.6 Å². The summed E-state index contributed by atoms with van der Waals surface area (Å²) in [5, 5.41) is -0.0406. The van der Waals surface area contributed by atoms with Gasteiger partial charge in [-0.25, -0.2) is 0 Å². The summed E-state index contributed by atoms with van der Waals surface area (Å²) in [4.78, 5) is 23.7. The van der Waals surface area contributed by atoms with Crippen LogP contribution in [0.4, 0.5) is 0 Å². The fraction of sp³-hybridized carbons (Fsp3) is 0.765. The summed E-state index contributed by atoms with van der Waals surface area (Å²) in [6, 6.07) is 0. The molecular weight excluding hydrogens is 332 g/mol. The Morgan fingerprint density at radius 2 is 1.61 bits per heavy atom. The fourth-order valence-electron chi connectivity index (χ4n) is 3.48. The molecule has 0 saturated heterocycles. The fourth-order valence-corrected chi connectivity index (χ4v) is 3.77. The van der Waals surface area contributed by atoms with Crippen LogP contribution in [0, 0.1) is 17.3 Å². The number of esters is 2. The molecule has 130 valence electrons. The molecule has 2 rings (SSSR count). The van der Waals surface area contributed by atoms with Gasteiger partial charge in [0.25, 0.3) is 0 Å². The van der Waals surface area contributed by atoms with E-state index in [1.54, 1.807) is 0 Å². The lowest BCUT2D eigenvalue weighted by Gasteiger charge is -2.34. The van der Waals surface area contributed by atoms with Crippen molar-refractivity contribution in [1.82, 2.24) is 0 Å². The van der Waals surface area contributed by atoms with Crippen molar-refractivity contribution in [2.24, 2.45) is 17.3 Å². The van der Waals surface area contributed by atoms with Crippen LogP contribution in [0.15, 0.2) is 12.2 Å². The van der Waals surface area contributed by atoms with E-state index in [-0.39, 0.29) is 27.9 Å². The molecule has 0 heterocycles. The highest BCUT2D eigenvalue weighted by Gasteiger charge is 2.50. The summed E-state index contributed by atoms with van der Waals surface area (Å²) >= 11 is 8.43. The standard InChI is InChI=1S/C17H26O4S2/c1-11(22)5-15(18)20-9-17(8-13-3-4-14(17)7-13)10-21-16(19)6-12(2)23/h3-4,11-14,22-23H,5-10H2,1-2H3. The molecule has 0 aromatic rings.